The van der Waals surface area contributed by atoms with Crippen LogP contribution in [0.2, 0.25) is 0 Å². The van der Waals surface area contributed by atoms with Crippen LogP contribution in [0, 0.1) is 11.8 Å². The highest BCUT2D eigenvalue weighted by atomic mass is 16.5. The van der Waals surface area contributed by atoms with Crippen LogP contribution < -0.4 is 0 Å². The van der Waals surface area contributed by atoms with Gasteiger partial charge in [-0.25, -0.2) is 0 Å². The third-order valence-electron chi connectivity index (χ3n) is 3.73. The van der Waals surface area contributed by atoms with E-state index in [1.165, 1.54) is 0 Å². The molecule has 2 fully saturated rings. The van der Waals surface area contributed by atoms with Gasteiger partial charge in [0.1, 0.15) is 0 Å². The standard InChI is InChI=1S/C12H20N2O4/c1-9-6-13(7-10(9)12(16)17)8-11(15)14-2-4-18-5-3-14/h9-10H,2-8H2,1H3,(H,16,17)/t9-,10-/m1/s1. The summed E-state index contributed by atoms with van der Waals surface area (Å²) in [5, 5.41) is 9.05. The van der Waals surface area contributed by atoms with Crippen molar-refractivity contribution in [2.75, 3.05) is 45.9 Å². The van der Waals surface area contributed by atoms with E-state index in [0.717, 1.165) is 0 Å². The predicted octanol–water partition coefficient (Wildman–Crippen LogP) is -0.502. The zero-order valence-corrected chi connectivity index (χ0v) is 10.7. The molecular weight excluding hydrogens is 236 g/mol. The smallest absolute Gasteiger partial charge is 0.308 e. The Morgan fingerprint density at radius 1 is 1.28 bits per heavy atom. The maximum Gasteiger partial charge on any atom is 0.308 e. The van der Waals surface area contributed by atoms with Crippen molar-refractivity contribution in [3.8, 4) is 0 Å². The van der Waals surface area contributed by atoms with Crippen molar-refractivity contribution < 1.29 is 19.4 Å². The zero-order valence-electron chi connectivity index (χ0n) is 10.7. The fourth-order valence-electron chi connectivity index (χ4n) is 2.62. The molecule has 0 saturated carbocycles. The number of likely N-dealkylation sites (tertiary alicyclic amines) is 1. The number of hydrogen-bond donors (Lipinski definition) is 1. The van der Waals surface area contributed by atoms with Gasteiger partial charge in [0, 0.05) is 26.2 Å². The Morgan fingerprint density at radius 2 is 1.94 bits per heavy atom. The first-order chi connectivity index (χ1) is 8.58. The Bertz CT molecular complexity index is 328. The number of hydrogen-bond acceptors (Lipinski definition) is 4. The molecule has 18 heavy (non-hydrogen) atoms. The first kappa shape index (κ1) is 13.3. The maximum absolute atomic E-state index is 12.0. The van der Waals surface area contributed by atoms with E-state index < -0.39 is 5.97 Å². The van der Waals surface area contributed by atoms with Crippen molar-refractivity contribution in [2.24, 2.45) is 11.8 Å². The minimum atomic E-state index is -0.760. The van der Waals surface area contributed by atoms with Crippen molar-refractivity contribution in [1.29, 1.82) is 0 Å². The molecule has 2 heterocycles. The van der Waals surface area contributed by atoms with E-state index in [0.29, 0.717) is 45.9 Å². The van der Waals surface area contributed by atoms with Crippen LogP contribution >= 0.6 is 0 Å². The van der Waals surface area contributed by atoms with E-state index in [9.17, 15) is 9.59 Å². The van der Waals surface area contributed by atoms with Crippen molar-refractivity contribution in [1.82, 2.24) is 9.80 Å². The van der Waals surface area contributed by atoms with Crippen LogP contribution in [-0.4, -0.2) is 72.7 Å². The number of amides is 1. The number of nitrogens with zero attached hydrogens (tertiary/aromatic N) is 2. The summed E-state index contributed by atoms with van der Waals surface area (Å²) in [5.74, 6) is -0.914. The van der Waals surface area contributed by atoms with Crippen molar-refractivity contribution in [3.63, 3.8) is 0 Å². The molecule has 1 amide bonds. The fourth-order valence-corrected chi connectivity index (χ4v) is 2.62. The molecule has 0 aromatic carbocycles. The minimum absolute atomic E-state index is 0.0801. The molecule has 2 saturated heterocycles. The van der Waals surface area contributed by atoms with E-state index >= 15 is 0 Å². The van der Waals surface area contributed by atoms with Crippen molar-refractivity contribution >= 4 is 11.9 Å². The quantitative estimate of drug-likeness (QED) is 0.737. The van der Waals surface area contributed by atoms with Crippen LogP contribution in [0.3, 0.4) is 0 Å². The van der Waals surface area contributed by atoms with Crippen LogP contribution in [0.25, 0.3) is 0 Å². The molecule has 0 aromatic heterocycles. The number of carbonyl (C=O) groups is 2. The molecule has 0 radical (unpaired) electrons. The highest BCUT2D eigenvalue weighted by Gasteiger charge is 2.35. The zero-order chi connectivity index (χ0) is 13.1. The summed E-state index contributed by atoms with van der Waals surface area (Å²) < 4.78 is 5.20. The summed E-state index contributed by atoms with van der Waals surface area (Å²) in [6.07, 6.45) is 0. The first-order valence-corrected chi connectivity index (χ1v) is 6.38. The topological polar surface area (TPSA) is 70.1 Å². The molecule has 0 unspecified atom stereocenters. The average Bonchev–Trinajstić information content (AvgIpc) is 2.71. The molecule has 2 aliphatic heterocycles. The molecule has 0 aromatic rings. The van der Waals surface area contributed by atoms with Gasteiger partial charge >= 0.3 is 5.97 Å². The van der Waals surface area contributed by atoms with E-state index in [4.69, 9.17) is 9.84 Å². The minimum Gasteiger partial charge on any atom is -0.481 e. The third kappa shape index (κ3) is 3.00. The number of rotatable bonds is 3. The maximum atomic E-state index is 12.0. The van der Waals surface area contributed by atoms with Crippen LogP contribution in [0.5, 0.6) is 0 Å². The second-order valence-corrected chi connectivity index (χ2v) is 5.11. The second kappa shape index (κ2) is 5.67. The van der Waals surface area contributed by atoms with Gasteiger partial charge in [-0.05, 0) is 5.92 Å². The molecule has 0 spiro atoms. The molecule has 6 nitrogen and oxygen atoms in total. The van der Waals surface area contributed by atoms with Gasteiger partial charge in [-0.3, -0.25) is 14.5 Å². The fraction of sp³-hybridized carbons (Fsp3) is 0.833. The van der Waals surface area contributed by atoms with Gasteiger partial charge in [0.25, 0.3) is 0 Å². The van der Waals surface area contributed by atoms with Crippen LogP contribution in [0.1, 0.15) is 6.92 Å². The average molecular weight is 256 g/mol. The molecule has 2 atom stereocenters. The van der Waals surface area contributed by atoms with Gasteiger partial charge in [-0.2, -0.15) is 0 Å². The van der Waals surface area contributed by atoms with Crippen LogP contribution in [0.4, 0.5) is 0 Å². The summed E-state index contributed by atoms with van der Waals surface area (Å²) >= 11 is 0. The van der Waals surface area contributed by atoms with E-state index in [1.54, 1.807) is 4.90 Å². The summed E-state index contributed by atoms with van der Waals surface area (Å²) in [5.41, 5.74) is 0. The monoisotopic (exact) mass is 256 g/mol. The second-order valence-electron chi connectivity index (χ2n) is 5.11. The Hall–Kier alpha value is -1.14. The molecular formula is C12H20N2O4. The van der Waals surface area contributed by atoms with E-state index in [-0.39, 0.29) is 17.7 Å². The molecule has 2 rings (SSSR count). The number of morpholine rings is 1. The number of carboxylic acid groups (broad SMARTS) is 1. The highest BCUT2D eigenvalue weighted by Crippen LogP contribution is 2.22. The number of carboxylic acids is 1. The molecule has 2 aliphatic rings. The Morgan fingerprint density at radius 3 is 2.50 bits per heavy atom. The molecule has 0 aliphatic carbocycles. The summed E-state index contributed by atoms with van der Waals surface area (Å²) in [6, 6.07) is 0. The summed E-state index contributed by atoms with van der Waals surface area (Å²) in [6.45, 7) is 5.90. The van der Waals surface area contributed by atoms with Crippen molar-refractivity contribution in [2.45, 2.75) is 6.92 Å². The SMILES string of the molecule is C[C@@H]1CN(CC(=O)N2CCOCC2)C[C@H]1C(=O)O. The van der Waals surface area contributed by atoms with Gasteiger partial charge in [0.15, 0.2) is 0 Å². The van der Waals surface area contributed by atoms with Crippen LogP contribution in [-0.2, 0) is 14.3 Å². The van der Waals surface area contributed by atoms with Gasteiger partial charge in [-0.1, -0.05) is 6.92 Å². The molecule has 0 bridgehead atoms. The predicted molar refractivity (Wildman–Crippen MR) is 64.1 cm³/mol. The molecule has 102 valence electrons. The number of ether oxygens (including phenoxy) is 1. The largest absolute Gasteiger partial charge is 0.481 e. The van der Waals surface area contributed by atoms with E-state index in [1.807, 2.05) is 11.8 Å². The van der Waals surface area contributed by atoms with Crippen LogP contribution in [0.15, 0.2) is 0 Å². The van der Waals surface area contributed by atoms with Crippen molar-refractivity contribution in [3.05, 3.63) is 0 Å². The third-order valence-corrected chi connectivity index (χ3v) is 3.73. The Balaban J connectivity index is 1.83. The normalized spacial score (nSPS) is 29.5. The summed E-state index contributed by atoms with van der Waals surface area (Å²) in [7, 11) is 0. The van der Waals surface area contributed by atoms with Gasteiger partial charge in [0.05, 0.1) is 25.7 Å². The van der Waals surface area contributed by atoms with E-state index in [2.05, 4.69) is 0 Å². The highest BCUT2D eigenvalue weighted by molar-refractivity contribution is 5.78. The lowest BCUT2D eigenvalue weighted by Gasteiger charge is -2.28. The van der Waals surface area contributed by atoms with Gasteiger partial charge in [-0.15, -0.1) is 0 Å². The summed E-state index contributed by atoms with van der Waals surface area (Å²) in [4.78, 5) is 26.8. The molecule has 6 heteroatoms. The van der Waals surface area contributed by atoms with Gasteiger partial charge in [0.2, 0.25) is 5.91 Å². The number of aliphatic carboxylic acids is 1. The lowest BCUT2D eigenvalue weighted by Crippen LogP contribution is -2.45. The lowest BCUT2D eigenvalue weighted by molar-refractivity contribution is -0.143. The molecule has 1 N–H and O–H groups in total. The number of carbonyl (C=O) groups excluding carboxylic acids is 1. The Labute approximate surface area is 106 Å². The first-order valence-electron chi connectivity index (χ1n) is 6.38. The Kier molecular flexibility index (Phi) is 4.19. The lowest BCUT2D eigenvalue weighted by atomic mass is 9.99. The van der Waals surface area contributed by atoms with Gasteiger partial charge < -0.3 is 14.7 Å².